The van der Waals surface area contributed by atoms with Crippen LogP contribution in [0.4, 0.5) is 0 Å². The van der Waals surface area contributed by atoms with Crippen LogP contribution >= 0.6 is 15.9 Å². The summed E-state index contributed by atoms with van der Waals surface area (Å²) in [5.74, 6) is 0.954. The normalized spacial score (nSPS) is 25.1. The van der Waals surface area contributed by atoms with Crippen LogP contribution in [0.5, 0.6) is 5.75 Å². The first kappa shape index (κ1) is 13.9. The van der Waals surface area contributed by atoms with E-state index < -0.39 is 0 Å². The number of hydrogen-bond donors (Lipinski definition) is 0. The van der Waals surface area contributed by atoms with Crippen LogP contribution in [-0.2, 0) is 0 Å². The van der Waals surface area contributed by atoms with Crippen molar-refractivity contribution in [3.8, 4) is 5.75 Å². The van der Waals surface area contributed by atoms with E-state index in [4.69, 9.17) is 4.74 Å². The molecule has 1 heterocycles. The number of nitrogens with zero attached hydrogens (tertiary/aromatic N) is 1. The highest BCUT2D eigenvalue weighted by Gasteiger charge is 2.23. The van der Waals surface area contributed by atoms with Gasteiger partial charge in [-0.3, -0.25) is 4.90 Å². The Morgan fingerprint density at radius 2 is 1.78 bits per heavy atom. The summed E-state index contributed by atoms with van der Waals surface area (Å²) in [7, 11) is 0. The third kappa shape index (κ3) is 3.72. The highest BCUT2D eigenvalue weighted by atomic mass is 79.9. The molecule has 1 aromatic rings. The molecular weight excluding hydrogens is 290 g/mol. The number of halogens is 1. The zero-order chi connectivity index (χ0) is 13.0. The van der Waals surface area contributed by atoms with Crippen LogP contribution in [0.3, 0.4) is 0 Å². The van der Waals surface area contributed by atoms with Crippen molar-refractivity contribution in [2.24, 2.45) is 0 Å². The average Bonchev–Trinajstić information content (AvgIpc) is 2.35. The minimum Gasteiger partial charge on any atom is -0.492 e. The molecule has 0 aromatic heterocycles. The second-order valence-electron chi connectivity index (χ2n) is 5.17. The van der Waals surface area contributed by atoms with Gasteiger partial charge in [-0.05, 0) is 51.0 Å². The van der Waals surface area contributed by atoms with Crippen LogP contribution in [0.1, 0.15) is 33.1 Å². The molecule has 18 heavy (non-hydrogen) atoms. The third-order valence-electron chi connectivity index (χ3n) is 3.81. The number of hydrogen-bond acceptors (Lipinski definition) is 2. The first-order valence-corrected chi connectivity index (χ1v) is 7.60. The smallest absolute Gasteiger partial charge is 0.119 e. The molecule has 0 bridgehead atoms. The van der Waals surface area contributed by atoms with Gasteiger partial charge in [-0.2, -0.15) is 0 Å². The van der Waals surface area contributed by atoms with Crippen molar-refractivity contribution >= 4 is 15.9 Å². The van der Waals surface area contributed by atoms with Crippen molar-refractivity contribution in [1.82, 2.24) is 4.90 Å². The summed E-state index contributed by atoms with van der Waals surface area (Å²) in [6.07, 6.45) is 4.01. The van der Waals surface area contributed by atoms with Gasteiger partial charge in [-0.15, -0.1) is 0 Å². The van der Waals surface area contributed by atoms with E-state index in [1.165, 1.54) is 19.3 Å². The molecule has 0 saturated carbocycles. The minimum absolute atomic E-state index is 0.697. The topological polar surface area (TPSA) is 12.5 Å². The van der Waals surface area contributed by atoms with Gasteiger partial charge in [0.25, 0.3) is 0 Å². The zero-order valence-corrected chi connectivity index (χ0v) is 12.8. The zero-order valence-electron chi connectivity index (χ0n) is 11.2. The van der Waals surface area contributed by atoms with Gasteiger partial charge in [0, 0.05) is 23.1 Å². The number of rotatable bonds is 4. The fourth-order valence-corrected chi connectivity index (χ4v) is 2.98. The highest BCUT2D eigenvalue weighted by molar-refractivity contribution is 9.10. The molecule has 0 amide bonds. The van der Waals surface area contributed by atoms with Crippen LogP contribution in [0.15, 0.2) is 28.7 Å². The lowest BCUT2D eigenvalue weighted by molar-refractivity contribution is 0.0851. The molecule has 1 aromatic carbocycles. The van der Waals surface area contributed by atoms with E-state index in [9.17, 15) is 0 Å². The van der Waals surface area contributed by atoms with E-state index in [2.05, 4.69) is 34.7 Å². The molecule has 2 nitrogen and oxygen atoms in total. The van der Waals surface area contributed by atoms with Crippen LogP contribution in [0.2, 0.25) is 0 Å². The van der Waals surface area contributed by atoms with Gasteiger partial charge in [0.05, 0.1) is 0 Å². The average molecular weight is 312 g/mol. The van der Waals surface area contributed by atoms with E-state index in [0.29, 0.717) is 12.1 Å². The van der Waals surface area contributed by atoms with Crippen LogP contribution in [0.25, 0.3) is 0 Å². The third-order valence-corrected chi connectivity index (χ3v) is 4.34. The monoisotopic (exact) mass is 311 g/mol. The Hall–Kier alpha value is -0.540. The maximum atomic E-state index is 5.80. The van der Waals surface area contributed by atoms with Crippen molar-refractivity contribution in [2.75, 3.05) is 13.2 Å². The van der Waals surface area contributed by atoms with Gasteiger partial charge in [-0.1, -0.05) is 22.4 Å². The molecule has 2 atom stereocenters. The molecular formula is C15H22BrNO. The predicted octanol–water partition coefficient (Wildman–Crippen LogP) is 4.09. The van der Waals surface area contributed by atoms with Gasteiger partial charge in [0.2, 0.25) is 0 Å². The SMILES string of the molecule is C[C@@H]1CCC[C@H](C)N1CCOc1ccc(Br)cc1. The quantitative estimate of drug-likeness (QED) is 0.830. The second kappa shape index (κ2) is 6.58. The van der Waals surface area contributed by atoms with Gasteiger partial charge in [-0.25, -0.2) is 0 Å². The molecule has 0 spiro atoms. The first-order valence-electron chi connectivity index (χ1n) is 6.81. The number of likely N-dealkylation sites (tertiary alicyclic amines) is 1. The number of benzene rings is 1. The molecule has 0 aliphatic carbocycles. The Bertz CT molecular complexity index is 355. The lowest BCUT2D eigenvalue weighted by atomic mass is 9.98. The Kier molecular flexibility index (Phi) is 5.07. The molecule has 3 heteroatoms. The lowest BCUT2D eigenvalue weighted by Crippen LogP contribution is -2.45. The summed E-state index contributed by atoms with van der Waals surface area (Å²) in [4.78, 5) is 2.57. The van der Waals surface area contributed by atoms with Crippen LogP contribution in [-0.4, -0.2) is 30.1 Å². The minimum atomic E-state index is 0.697. The van der Waals surface area contributed by atoms with Crippen molar-refractivity contribution in [2.45, 2.75) is 45.2 Å². The fraction of sp³-hybridized carbons (Fsp3) is 0.600. The Labute approximate surface area is 118 Å². The Morgan fingerprint density at radius 1 is 1.17 bits per heavy atom. The summed E-state index contributed by atoms with van der Waals surface area (Å²) in [6.45, 7) is 6.46. The maximum Gasteiger partial charge on any atom is 0.119 e. The molecule has 1 saturated heterocycles. The summed E-state index contributed by atoms with van der Waals surface area (Å²) in [5, 5.41) is 0. The molecule has 0 N–H and O–H groups in total. The fourth-order valence-electron chi connectivity index (χ4n) is 2.72. The maximum absolute atomic E-state index is 5.80. The van der Waals surface area contributed by atoms with Crippen LogP contribution < -0.4 is 4.74 Å². The van der Waals surface area contributed by atoms with E-state index in [-0.39, 0.29) is 0 Å². The summed E-state index contributed by atoms with van der Waals surface area (Å²) in [6, 6.07) is 9.44. The molecule has 0 unspecified atom stereocenters. The molecule has 1 aliphatic rings. The van der Waals surface area contributed by atoms with Gasteiger partial charge < -0.3 is 4.74 Å². The van der Waals surface area contributed by atoms with Crippen molar-refractivity contribution in [3.05, 3.63) is 28.7 Å². The molecule has 0 radical (unpaired) electrons. The highest BCUT2D eigenvalue weighted by Crippen LogP contribution is 2.22. The Morgan fingerprint density at radius 3 is 2.39 bits per heavy atom. The van der Waals surface area contributed by atoms with E-state index in [0.717, 1.165) is 23.4 Å². The largest absolute Gasteiger partial charge is 0.492 e. The van der Waals surface area contributed by atoms with Crippen molar-refractivity contribution < 1.29 is 4.74 Å². The van der Waals surface area contributed by atoms with Gasteiger partial charge >= 0.3 is 0 Å². The van der Waals surface area contributed by atoms with E-state index in [1.807, 2.05) is 24.3 Å². The van der Waals surface area contributed by atoms with E-state index >= 15 is 0 Å². The predicted molar refractivity (Wildman–Crippen MR) is 79.1 cm³/mol. The van der Waals surface area contributed by atoms with Crippen molar-refractivity contribution in [1.29, 1.82) is 0 Å². The summed E-state index contributed by atoms with van der Waals surface area (Å²) < 4.78 is 6.89. The molecule has 1 fully saturated rings. The molecule has 100 valence electrons. The van der Waals surface area contributed by atoms with Crippen LogP contribution in [0, 0.1) is 0 Å². The van der Waals surface area contributed by atoms with Gasteiger partial charge in [0.1, 0.15) is 12.4 Å². The van der Waals surface area contributed by atoms with Crippen molar-refractivity contribution in [3.63, 3.8) is 0 Å². The number of ether oxygens (including phenoxy) is 1. The molecule has 1 aliphatic heterocycles. The summed E-state index contributed by atoms with van der Waals surface area (Å²) in [5.41, 5.74) is 0. The Balaban J connectivity index is 1.79. The lowest BCUT2D eigenvalue weighted by Gasteiger charge is -2.38. The first-order chi connectivity index (χ1) is 8.66. The number of piperidine rings is 1. The summed E-state index contributed by atoms with van der Waals surface area (Å²) >= 11 is 3.43. The standard InChI is InChI=1S/C15H22BrNO/c1-12-4-3-5-13(2)17(12)10-11-18-15-8-6-14(16)7-9-15/h6-9,12-13H,3-5,10-11H2,1-2H3/t12-,13+. The molecule has 2 rings (SSSR count). The second-order valence-corrected chi connectivity index (χ2v) is 6.08. The van der Waals surface area contributed by atoms with E-state index in [1.54, 1.807) is 0 Å². The van der Waals surface area contributed by atoms with Gasteiger partial charge in [0.15, 0.2) is 0 Å².